The van der Waals surface area contributed by atoms with Gasteiger partial charge in [-0.3, -0.25) is 19.2 Å². The van der Waals surface area contributed by atoms with Gasteiger partial charge >= 0.3 is 11.9 Å². The maximum Gasteiger partial charge on any atom is 0.326 e. The monoisotopic (exact) mass is 448 g/mol. The molecule has 0 aliphatic heterocycles. The number of nitrogens with one attached hydrogen (secondary N) is 3. The normalized spacial score (nSPS) is 14.9. The van der Waals surface area contributed by atoms with Crippen LogP contribution in [0, 0.1) is 5.92 Å². The van der Waals surface area contributed by atoms with Gasteiger partial charge in [0.2, 0.25) is 17.7 Å². The van der Waals surface area contributed by atoms with Crippen molar-refractivity contribution in [3.63, 3.8) is 0 Å². The van der Waals surface area contributed by atoms with Crippen LogP contribution in [0.5, 0.6) is 0 Å². The van der Waals surface area contributed by atoms with Gasteiger partial charge in [-0.2, -0.15) is 11.8 Å². The first-order valence-corrected chi connectivity index (χ1v) is 10.9. The van der Waals surface area contributed by atoms with E-state index in [4.69, 9.17) is 10.8 Å². The van der Waals surface area contributed by atoms with Crippen LogP contribution in [0.3, 0.4) is 0 Å². The summed E-state index contributed by atoms with van der Waals surface area (Å²) < 4.78 is 0. The molecule has 0 saturated heterocycles. The summed E-state index contributed by atoms with van der Waals surface area (Å²) in [5.74, 6) is -4.21. The Morgan fingerprint density at radius 3 is 1.87 bits per heavy atom. The number of hydrogen-bond acceptors (Lipinski definition) is 7. The van der Waals surface area contributed by atoms with Gasteiger partial charge in [-0.15, -0.1) is 0 Å². The summed E-state index contributed by atoms with van der Waals surface area (Å²) in [7, 11) is 0. The number of thioether (sulfide) groups is 1. The van der Waals surface area contributed by atoms with Crippen molar-refractivity contribution < 1.29 is 34.2 Å². The molecule has 4 atom stereocenters. The lowest BCUT2D eigenvalue weighted by atomic mass is 10.0. The maximum absolute atomic E-state index is 12.7. The minimum Gasteiger partial charge on any atom is -0.481 e. The predicted molar refractivity (Wildman–Crippen MR) is 112 cm³/mol. The third-order valence-corrected chi connectivity index (χ3v) is 4.81. The van der Waals surface area contributed by atoms with Gasteiger partial charge in [0, 0.05) is 6.42 Å². The van der Waals surface area contributed by atoms with Crippen LogP contribution in [0.4, 0.5) is 0 Å². The first-order valence-electron chi connectivity index (χ1n) is 9.50. The van der Waals surface area contributed by atoms with Crippen molar-refractivity contribution in [2.45, 2.75) is 64.2 Å². The van der Waals surface area contributed by atoms with E-state index in [2.05, 4.69) is 16.0 Å². The highest BCUT2D eigenvalue weighted by Crippen LogP contribution is 2.07. The topological polar surface area (TPSA) is 188 Å². The summed E-state index contributed by atoms with van der Waals surface area (Å²) in [6.45, 7) is 4.91. The summed E-state index contributed by atoms with van der Waals surface area (Å²) >= 11 is 1.43. The zero-order chi connectivity index (χ0) is 23.4. The Labute approximate surface area is 179 Å². The molecule has 0 rings (SSSR count). The van der Waals surface area contributed by atoms with Crippen molar-refractivity contribution in [1.29, 1.82) is 0 Å². The molecule has 3 amide bonds. The average Bonchev–Trinajstić information content (AvgIpc) is 2.64. The Bertz CT molecular complexity index is 628. The van der Waals surface area contributed by atoms with E-state index in [9.17, 15) is 29.1 Å². The second-order valence-corrected chi connectivity index (χ2v) is 8.18. The zero-order valence-electron chi connectivity index (χ0n) is 17.6. The van der Waals surface area contributed by atoms with Crippen molar-refractivity contribution in [2.75, 3.05) is 12.0 Å². The number of carbonyl (C=O) groups is 5. The molecule has 0 aromatic heterocycles. The van der Waals surface area contributed by atoms with Gasteiger partial charge < -0.3 is 31.9 Å². The number of hydrogen-bond donors (Lipinski definition) is 6. The van der Waals surface area contributed by atoms with Gasteiger partial charge in [0.1, 0.15) is 18.1 Å². The highest BCUT2D eigenvalue weighted by molar-refractivity contribution is 7.98. The number of aliphatic carboxylic acids is 2. The number of carboxylic acids is 2. The SMILES string of the molecule is CSCCC(NC(=O)C(NC(=O)C(C)N)C(C)C)C(=O)NC(CCC(=O)O)C(=O)O. The molecule has 0 aliphatic carbocycles. The Balaban J connectivity index is 5.32. The molecule has 0 saturated carbocycles. The first kappa shape index (κ1) is 27.7. The lowest BCUT2D eigenvalue weighted by Crippen LogP contribution is -2.58. The Morgan fingerprint density at radius 1 is 0.867 bits per heavy atom. The molecule has 7 N–H and O–H groups in total. The molecule has 12 heteroatoms. The first-order chi connectivity index (χ1) is 13.9. The van der Waals surface area contributed by atoms with E-state index in [1.54, 1.807) is 13.8 Å². The number of amides is 3. The van der Waals surface area contributed by atoms with Gasteiger partial charge in [-0.05, 0) is 37.7 Å². The number of carboxylic acid groups (broad SMARTS) is 2. The number of rotatable bonds is 14. The second-order valence-electron chi connectivity index (χ2n) is 7.19. The van der Waals surface area contributed by atoms with Crippen LogP contribution < -0.4 is 21.7 Å². The molecule has 0 aromatic carbocycles. The minimum atomic E-state index is -1.40. The molecule has 0 heterocycles. The van der Waals surface area contributed by atoms with E-state index in [-0.39, 0.29) is 18.8 Å². The van der Waals surface area contributed by atoms with Crippen molar-refractivity contribution in [2.24, 2.45) is 11.7 Å². The van der Waals surface area contributed by atoms with Crippen LogP contribution in [0.2, 0.25) is 0 Å². The molecule has 172 valence electrons. The maximum atomic E-state index is 12.7. The van der Waals surface area contributed by atoms with Gasteiger partial charge in [-0.25, -0.2) is 4.79 Å². The van der Waals surface area contributed by atoms with Crippen LogP contribution in [-0.2, 0) is 24.0 Å². The molecule has 0 aliphatic rings. The molecule has 4 unspecified atom stereocenters. The molecular weight excluding hydrogens is 416 g/mol. The molecule has 11 nitrogen and oxygen atoms in total. The van der Waals surface area contributed by atoms with Gasteiger partial charge in [-0.1, -0.05) is 13.8 Å². The molecule has 30 heavy (non-hydrogen) atoms. The Morgan fingerprint density at radius 2 is 1.43 bits per heavy atom. The average molecular weight is 449 g/mol. The largest absolute Gasteiger partial charge is 0.481 e. The van der Waals surface area contributed by atoms with Gasteiger partial charge in [0.25, 0.3) is 0 Å². The highest BCUT2D eigenvalue weighted by Gasteiger charge is 2.31. The summed E-state index contributed by atoms with van der Waals surface area (Å²) in [5.41, 5.74) is 5.52. The van der Waals surface area contributed by atoms with Crippen LogP contribution in [0.25, 0.3) is 0 Å². The predicted octanol–water partition coefficient (Wildman–Crippen LogP) is -0.853. The quantitative estimate of drug-likeness (QED) is 0.197. The van der Waals surface area contributed by atoms with Crippen LogP contribution in [0.1, 0.15) is 40.0 Å². The Kier molecular flexibility index (Phi) is 12.7. The van der Waals surface area contributed by atoms with E-state index in [0.717, 1.165) is 0 Å². The summed E-state index contributed by atoms with van der Waals surface area (Å²) in [6.07, 6.45) is 1.30. The molecule has 0 radical (unpaired) electrons. The lowest BCUT2D eigenvalue weighted by Gasteiger charge is -2.26. The van der Waals surface area contributed by atoms with E-state index in [1.807, 2.05) is 6.26 Å². The number of carbonyl (C=O) groups excluding carboxylic acids is 3. The van der Waals surface area contributed by atoms with Crippen LogP contribution in [-0.4, -0.2) is 76.0 Å². The van der Waals surface area contributed by atoms with Crippen molar-refractivity contribution in [3.05, 3.63) is 0 Å². The van der Waals surface area contributed by atoms with E-state index in [1.165, 1.54) is 18.7 Å². The smallest absolute Gasteiger partial charge is 0.326 e. The fourth-order valence-electron chi connectivity index (χ4n) is 2.38. The summed E-state index contributed by atoms with van der Waals surface area (Å²) in [5, 5.41) is 25.3. The highest BCUT2D eigenvalue weighted by atomic mass is 32.2. The van der Waals surface area contributed by atoms with E-state index >= 15 is 0 Å². The molecule has 0 aromatic rings. The van der Waals surface area contributed by atoms with Crippen molar-refractivity contribution >= 4 is 41.4 Å². The fraction of sp³-hybridized carbons (Fsp3) is 0.722. The molecular formula is C18H32N4O7S. The molecule has 0 spiro atoms. The van der Waals surface area contributed by atoms with Crippen LogP contribution in [0.15, 0.2) is 0 Å². The summed E-state index contributed by atoms with van der Waals surface area (Å²) in [4.78, 5) is 59.2. The molecule has 0 fully saturated rings. The van der Waals surface area contributed by atoms with E-state index < -0.39 is 60.2 Å². The molecule has 0 bridgehead atoms. The number of nitrogens with two attached hydrogens (primary N) is 1. The third kappa shape index (κ3) is 10.4. The second kappa shape index (κ2) is 13.8. The van der Waals surface area contributed by atoms with Crippen molar-refractivity contribution in [3.8, 4) is 0 Å². The van der Waals surface area contributed by atoms with Gasteiger partial charge in [0.15, 0.2) is 0 Å². The minimum absolute atomic E-state index is 0.218. The zero-order valence-corrected chi connectivity index (χ0v) is 18.5. The third-order valence-electron chi connectivity index (χ3n) is 4.17. The lowest BCUT2D eigenvalue weighted by molar-refractivity contribution is -0.143. The van der Waals surface area contributed by atoms with Crippen LogP contribution >= 0.6 is 11.8 Å². The van der Waals surface area contributed by atoms with E-state index in [0.29, 0.717) is 5.75 Å². The fourth-order valence-corrected chi connectivity index (χ4v) is 2.85. The standard InChI is InChI=1S/C18H32N4O7S/c1-9(2)14(22-15(25)10(3)19)17(27)20-11(7-8-30-4)16(26)21-12(18(28)29)5-6-13(23)24/h9-12,14H,5-8,19H2,1-4H3,(H,20,27)(H,21,26)(H,22,25)(H,23,24)(H,28,29). The van der Waals surface area contributed by atoms with Crippen molar-refractivity contribution in [1.82, 2.24) is 16.0 Å². The van der Waals surface area contributed by atoms with Gasteiger partial charge in [0.05, 0.1) is 6.04 Å². The Hall–Kier alpha value is -2.34. The summed E-state index contributed by atoms with van der Waals surface area (Å²) in [6, 6.07) is -4.21.